The van der Waals surface area contributed by atoms with Gasteiger partial charge in [-0.1, -0.05) is 0 Å². The smallest absolute Gasteiger partial charge is 0.405 e. The minimum Gasteiger partial charge on any atom is -0.465 e. The van der Waals surface area contributed by atoms with E-state index in [2.05, 4.69) is 4.74 Å². The highest BCUT2D eigenvalue weighted by molar-refractivity contribution is 5.98. The first-order valence-electron chi connectivity index (χ1n) is 2.83. The van der Waals surface area contributed by atoms with E-state index in [0.29, 0.717) is 0 Å². The Hall–Kier alpha value is -1.59. The molecule has 0 aliphatic carbocycles. The summed E-state index contributed by atoms with van der Waals surface area (Å²) in [6, 6.07) is -1.03. The van der Waals surface area contributed by atoms with Crippen LogP contribution < -0.4 is 5.32 Å². The van der Waals surface area contributed by atoms with Crippen molar-refractivity contribution in [2.45, 2.75) is 12.5 Å². The maximum Gasteiger partial charge on any atom is 0.405 e. The summed E-state index contributed by atoms with van der Waals surface area (Å²) in [4.78, 5) is 30.9. The van der Waals surface area contributed by atoms with Crippen molar-refractivity contribution in [3.63, 3.8) is 0 Å². The third kappa shape index (κ3) is 1.66. The average Bonchev–Trinajstić information content (AvgIpc) is 2.09. The van der Waals surface area contributed by atoms with Crippen molar-refractivity contribution in [2.24, 2.45) is 0 Å². The highest BCUT2D eigenvalue weighted by Crippen LogP contribution is 2.06. The summed E-state index contributed by atoms with van der Waals surface area (Å²) >= 11 is 0. The molecule has 1 amide bonds. The minimum absolute atomic E-state index is 0.217. The van der Waals surface area contributed by atoms with Gasteiger partial charge in [0.2, 0.25) is 0 Å². The number of hydrogen-bond donors (Lipinski definition) is 2. The zero-order valence-corrected chi connectivity index (χ0v) is 5.36. The molecule has 11 heavy (non-hydrogen) atoms. The van der Waals surface area contributed by atoms with Crippen molar-refractivity contribution in [3.05, 3.63) is 0 Å². The molecule has 6 nitrogen and oxygen atoms in total. The summed E-state index contributed by atoms with van der Waals surface area (Å²) in [5.74, 6) is -1.54. The van der Waals surface area contributed by atoms with Crippen LogP contribution in [0, 0.1) is 0 Å². The molecule has 1 saturated heterocycles. The Labute approximate surface area is 61.1 Å². The molecule has 6 heteroatoms. The molecule has 0 saturated carbocycles. The molecule has 0 aromatic rings. The summed E-state index contributed by atoms with van der Waals surface area (Å²) in [5.41, 5.74) is 0. The minimum atomic E-state index is -1.35. The number of ether oxygens (including phenoxy) is 1. The van der Waals surface area contributed by atoms with Gasteiger partial charge in [0.1, 0.15) is 6.04 Å². The van der Waals surface area contributed by atoms with E-state index in [4.69, 9.17) is 5.11 Å². The molecule has 0 bridgehead atoms. The van der Waals surface area contributed by atoms with Gasteiger partial charge in [-0.25, -0.2) is 9.59 Å². The second-order valence-corrected chi connectivity index (χ2v) is 2.00. The van der Waals surface area contributed by atoms with Crippen LogP contribution in [-0.4, -0.2) is 29.2 Å². The number of carboxylic acid groups (broad SMARTS) is 1. The van der Waals surface area contributed by atoms with E-state index in [1.807, 2.05) is 5.32 Å². The first kappa shape index (κ1) is 7.52. The predicted molar refractivity (Wildman–Crippen MR) is 30.7 cm³/mol. The molecular weight excluding hydrogens is 154 g/mol. The first-order chi connectivity index (χ1) is 5.09. The van der Waals surface area contributed by atoms with E-state index in [1.165, 1.54) is 0 Å². The largest absolute Gasteiger partial charge is 0.465 e. The maximum atomic E-state index is 10.6. The molecule has 1 fully saturated rings. The average molecular weight is 159 g/mol. The fourth-order valence-electron chi connectivity index (χ4n) is 0.734. The second kappa shape index (κ2) is 2.57. The highest BCUT2D eigenvalue weighted by Gasteiger charge is 2.34. The molecule has 60 valence electrons. The van der Waals surface area contributed by atoms with Crippen LogP contribution in [0.5, 0.6) is 0 Å². The summed E-state index contributed by atoms with van der Waals surface area (Å²) in [7, 11) is 0. The molecule has 1 aliphatic rings. The van der Waals surface area contributed by atoms with Crippen LogP contribution in [0.25, 0.3) is 0 Å². The van der Waals surface area contributed by atoms with Gasteiger partial charge in [0, 0.05) is 0 Å². The number of carbonyl (C=O) groups is 3. The molecule has 1 aliphatic heterocycles. The Bertz CT molecular complexity index is 223. The lowest BCUT2D eigenvalue weighted by Crippen LogP contribution is -2.36. The fraction of sp³-hybridized carbons (Fsp3) is 0.400. The predicted octanol–water partition coefficient (Wildman–Crippen LogP) is -0.904. The number of hydrogen-bond acceptors (Lipinski definition) is 4. The lowest BCUT2D eigenvalue weighted by atomic mass is 10.2. The summed E-state index contributed by atoms with van der Waals surface area (Å²) < 4.78 is 4.07. The van der Waals surface area contributed by atoms with Crippen molar-refractivity contribution >= 4 is 18.0 Å². The lowest BCUT2D eigenvalue weighted by Gasteiger charge is -2.01. The van der Waals surface area contributed by atoms with E-state index in [-0.39, 0.29) is 6.42 Å². The quantitative estimate of drug-likeness (QED) is 0.382. The Morgan fingerprint density at radius 2 is 2.27 bits per heavy atom. The van der Waals surface area contributed by atoms with Crippen LogP contribution in [-0.2, 0) is 14.3 Å². The van der Waals surface area contributed by atoms with Crippen LogP contribution in [0.3, 0.4) is 0 Å². The maximum absolute atomic E-state index is 10.6. The third-order valence-electron chi connectivity index (χ3n) is 1.17. The second-order valence-electron chi connectivity index (χ2n) is 2.00. The summed E-state index contributed by atoms with van der Waals surface area (Å²) in [6.07, 6.45) is -1.56. The van der Waals surface area contributed by atoms with Crippen LogP contribution >= 0.6 is 0 Å². The number of cyclic esters (lactones) is 2. The highest BCUT2D eigenvalue weighted by atomic mass is 16.6. The van der Waals surface area contributed by atoms with E-state index >= 15 is 0 Å². The number of esters is 2. The summed E-state index contributed by atoms with van der Waals surface area (Å²) in [6.45, 7) is 0. The van der Waals surface area contributed by atoms with E-state index in [1.54, 1.807) is 0 Å². The van der Waals surface area contributed by atoms with Crippen molar-refractivity contribution in [1.82, 2.24) is 5.32 Å². The zero-order valence-electron chi connectivity index (χ0n) is 5.36. The topological polar surface area (TPSA) is 92.7 Å². The Balaban J connectivity index is 2.53. The zero-order chi connectivity index (χ0) is 8.43. The molecule has 2 N–H and O–H groups in total. The molecule has 0 aromatic heterocycles. The number of carbonyl (C=O) groups excluding carboxylic acids is 2. The van der Waals surface area contributed by atoms with Gasteiger partial charge in [0.15, 0.2) is 0 Å². The molecule has 1 rings (SSSR count). The molecule has 1 heterocycles. The molecule has 0 spiro atoms. The first-order valence-corrected chi connectivity index (χ1v) is 2.83. The van der Waals surface area contributed by atoms with Crippen LogP contribution in [0.1, 0.15) is 6.42 Å². The van der Waals surface area contributed by atoms with Gasteiger partial charge >= 0.3 is 18.0 Å². The molecule has 0 radical (unpaired) electrons. The number of nitrogens with one attached hydrogen (secondary N) is 1. The van der Waals surface area contributed by atoms with Gasteiger partial charge in [-0.3, -0.25) is 4.79 Å². The van der Waals surface area contributed by atoms with Crippen LogP contribution in [0.15, 0.2) is 0 Å². The van der Waals surface area contributed by atoms with Gasteiger partial charge in [-0.2, -0.15) is 0 Å². The van der Waals surface area contributed by atoms with Gasteiger partial charge in [-0.15, -0.1) is 0 Å². The molecule has 1 atom stereocenters. The normalized spacial score (nSPS) is 23.1. The standard InChI is InChI=1S/C5H5NO5/c7-3-1-2(4(8)11-3)6-5(9)10/h2,6H,1H2,(H,9,10). The summed E-state index contributed by atoms with van der Waals surface area (Å²) in [5, 5.41) is 9.99. The Morgan fingerprint density at radius 3 is 2.64 bits per heavy atom. The molecule has 1 unspecified atom stereocenters. The Morgan fingerprint density at radius 1 is 1.64 bits per heavy atom. The van der Waals surface area contributed by atoms with Gasteiger partial charge in [-0.05, 0) is 0 Å². The lowest BCUT2D eigenvalue weighted by molar-refractivity contribution is -0.152. The van der Waals surface area contributed by atoms with Crippen molar-refractivity contribution in [3.8, 4) is 0 Å². The number of rotatable bonds is 1. The van der Waals surface area contributed by atoms with Crippen LogP contribution in [0.4, 0.5) is 4.79 Å². The SMILES string of the molecule is O=C(O)NC1CC(=O)OC1=O. The van der Waals surface area contributed by atoms with Gasteiger partial charge < -0.3 is 15.2 Å². The fourth-order valence-corrected chi connectivity index (χ4v) is 0.734. The molecular formula is C5H5NO5. The van der Waals surface area contributed by atoms with E-state index in [9.17, 15) is 14.4 Å². The number of amides is 1. The van der Waals surface area contributed by atoms with E-state index < -0.39 is 24.1 Å². The van der Waals surface area contributed by atoms with Gasteiger partial charge in [0.25, 0.3) is 0 Å². The molecule has 0 aromatic carbocycles. The van der Waals surface area contributed by atoms with Crippen molar-refractivity contribution in [2.75, 3.05) is 0 Å². The van der Waals surface area contributed by atoms with Crippen molar-refractivity contribution < 1.29 is 24.2 Å². The van der Waals surface area contributed by atoms with Crippen LogP contribution in [0.2, 0.25) is 0 Å². The van der Waals surface area contributed by atoms with Crippen molar-refractivity contribution in [1.29, 1.82) is 0 Å². The Kier molecular flexibility index (Phi) is 1.75. The van der Waals surface area contributed by atoms with E-state index in [0.717, 1.165) is 0 Å². The monoisotopic (exact) mass is 159 g/mol. The van der Waals surface area contributed by atoms with Gasteiger partial charge in [0.05, 0.1) is 6.42 Å². The third-order valence-corrected chi connectivity index (χ3v) is 1.17.